The predicted molar refractivity (Wildman–Crippen MR) is 89.8 cm³/mol. The zero-order valence-electron chi connectivity index (χ0n) is 13.1. The Bertz CT molecular complexity index is 523. The first-order valence-corrected chi connectivity index (χ1v) is 10.4. The highest BCUT2D eigenvalue weighted by atomic mass is 32.2. The maximum Gasteiger partial charge on any atom is 0.218 e. The summed E-state index contributed by atoms with van der Waals surface area (Å²) in [5, 5.41) is 5.38. The minimum atomic E-state index is -3.64. The third-order valence-corrected chi connectivity index (χ3v) is 7.33. The number of hydrogen-bond acceptors (Lipinski definition) is 3. The van der Waals surface area contributed by atoms with Crippen LogP contribution in [0.25, 0.3) is 0 Å². The van der Waals surface area contributed by atoms with Gasteiger partial charge in [-0.15, -0.1) is 0 Å². The van der Waals surface area contributed by atoms with E-state index in [9.17, 15) is 12.6 Å². The van der Waals surface area contributed by atoms with Crippen LogP contribution in [0.1, 0.15) is 40.0 Å². The smallest absolute Gasteiger partial charge is 0.218 e. The molecule has 3 atom stereocenters. The molecule has 0 amide bonds. The van der Waals surface area contributed by atoms with E-state index < -0.39 is 25.6 Å². The molecular weight excluding hydrogens is 306 g/mol. The average molecular weight is 334 g/mol. The largest absolute Gasteiger partial charge is 0.260 e. The number of nitrogens with two attached hydrogens (primary N) is 1. The molecule has 122 valence electrons. The molecule has 2 N–H and O–H groups in total. The summed E-state index contributed by atoms with van der Waals surface area (Å²) in [7, 11) is -4.41. The maximum atomic E-state index is 11.8. The molecule has 21 heavy (non-hydrogen) atoms. The highest BCUT2D eigenvalue weighted by molar-refractivity contribution is 7.90. The van der Waals surface area contributed by atoms with Crippen molar-refractivity contribution in [2.45, 2.75) is 44.8 Å². The molecule has 1 rings (SSSR count). The lowest BCUT2D eigenvalue weighted by Crippen LogP contribution is -2.45. The number of sulfonamides is 1. The van der Waals surface area contributed by atoms with E-state index in [0.717, 1.165) is 25.0 Å². The summed E-state index contributed by atoms with van der Waals surface area (Å²) >= 11 is 0. The molecule has 1 aliphatic carbocycles. The highest BCUT2D eigenvalue weighted by Gasteiger charge is 2.41. The molecule has 0 spiro atoms. The molecule has 0 aromatic carbocycles. The summed E-state index contributed by atoms with van der Waals surface area (Å²) in [4.78, 5) is 0. The quantitative estimate of drug-likeness (QED) is 0.693. The summed E-state index contributed by atoms with van der Waals surface area (Å²) in [5.41, 5.74) is 0. The van der Waals surface area contributed by atoms with Gasteiger partial charge < -0.3 is 0 Å². The number of rotatable bonds is 8. The fourth-order valence-corrected chi connectivity index (χ4v) is 4.85. The molecule has 2 unspecified atom stereocenters. The van der Waals surface area contributed by atoms with Gasteiger partial charge in [0.1, 0.15) is 4.75 Å². The van der Waals surface area contributed by atoms with Crippen LogP contribution in [-0.4, -0.2) is 28.9 Å². The van der Waals surface area contributed by atoms with E-state index in [1.807, 2.05) is 12.2 Å². The van der Waals surface area contributed by atoms with Gasteiger partial charge in [0.25, 0.3) is 0 Å². The van der Waals surface area contributed by atoms with E-state index in [1.165, 1.54) is 0 Å². The van der Waals surface area contributed by atoms with Crippen LogP contribution in [0.2, 0.25) is 0 Å². The Morgan fingerprint density at radius 3 is 2.52 bits per heavy atom. The topological polar surface area (TPSA) is 77.2 Å². The fraction of sp³-hybridized carbons (Fsp3) is 0.733. The Balaban J connectivity index is 2.49. The molecule has 4 nitrogen and oxygen atoms in total. The molecule has 0 aromatic rings. The summed E-state index contributed by atoms with van der Waals surface area (Å²) in [6.07, 6.45) is 9.64. The van der Waals surface area contributed by atoms with Gasteiger partial charge in [0.2, 0.25) is 10.0 Å². The van der Waals surface area contributed by atoms with E-state index in [2.05, 4.69) is 13.8 Å². The van der Waals surface area contributed by atoms with Gasteiger partial charge in [0.15, 0.2) is 0 Å². The van der Waals surface area contributed by atoms with Gasteiger partial charge in [-0.05, 0) is 25.7 Å². The van der Waals surface area contributed by atoms with Gasteiger partial charge in [-0.25, -0.2) is 13.6 Å². The van der Waals surface area contributed by atoms with Crippen LogP contribution in [0.15, 0.2) is 24.3 Å². The van der Waals surface area contributed by atoms with Crippen LogP contribution >= 0.6 is 0 Å². The zero-order chi connectivity index (χ0) is 16.1. The molecule has 0 heterocycles. The molecule has 0 aromatic heterocycles. The average Bonchev–Trinajstić information content (AvgIpc) is 2.34. The number of allylic oxidation sites excluding steroid dienone is 3. The van der Waals surface area contributed by atoms with E-state index >= 15 is 0 Å². The van der Waals surface area contributed by atoms with Gasteiger partial charge >= 0.3 is 0 Å². The lowest BCUT2D eigenvalue weighted by Gasteiger charge is -2.33. The van der Waals surface area contributed by atoms with E-state index in [0.29, 0.717) is 11.7 Å². The highest BCUT2D eigenvalue weighted by Crippen LogP contribution is 2.34. The predicted octanol–water partition coefficient (Wildman–Crippen LogP) is 2.35. The van der Waals surface area contributed by atoms with Gasteiger partial charge in [-0.1, -0.05) is 44.6 Å². The Hall–Kier alpha value is -0.460. The van der Waals surface area contributed by atoms with Crippen LogP contribution < -0.4 is 5.14 Å². The Morgan fingerprint density at radius 1 is 1.29 bits per heavy atom. The normalized spacial score (nSPS) is 27.2. The Labute approximate surface area is 131 Å². The number of primary sulfonamides is 1. The van der Waals surface area contributed by atoms with Crippen molar-refractivity contribution in [1.82, 2.24) is 0 Å². The van der Waals surface area contributed by atoms with Gasteiger partial charge in [0.05, 0.1) is 0 Å². The monoisotopic (exact) mass is 333 g/mol. The van der Waals surface area contributed by atoms with Crippen LogP contribution in [0.5, 0.6) is 0 Å². The number of unbranched alkanes of at least 4 members (excludes halogenated alkanes) is 1. The van der Waals surface area contributed by atoms with Crippen molar-refractivity contribution in [2.24, 2.45) is 17.0 Å². The summed E-state index contributed by atoms with van der Waals surface area (Å²) in [5.74, 6) is 1.76. The molecule has 0 bridgehead atoms. The summed E-state index contributed by atoms with van der Waals surface area (Å²) < 4.78 is 34.4. The van der Waals surface area contributed by atoms with Crippen molar-refractivity contribution in [3.05, 3.63) is 24.3 Å². The minimum absolute atomic E-state index is 0.115. The van der Waals surface area contributed by atoms with E-state index in [1.54, 1.807) is 19.1 Å². The number of hydrogen-bond donors (Lipinski definition) is 1. The van der Waals surface area contributed by atoms with Gasteiger partial charge in [-0.3, -0.25) is 4.21 Å². The van der Waals surface area contributed by atoms with Crippen molar-refractivity contribution in [3.63, 3.8) is 0 Å². The van der Waals surface area contributed by atoms with Crippen LogP contribution in [0.4, 0.5) is 0 Å². The van der Waals surface area contributed by atoms with Crippen LogP contribution in [-0.2, 0) is 20.8 Å². The third-order valence-electron chi connectivity index (χ3n) is 3.89. The lowest BCUT2D eigenvalue weighted by atomic mass is 9.85. The van der Waals surface area contributed by atoms with Crippen molar-refractivity contribution in [1.29, 1.82) is 0 Å². The van der Waals surface area contributed by atoms with Crippen molar-refractivity contribution >= 4 is 20.8 Å². The molecule has 0 radical (unpaired) electrons. The minimum Gasteiger partial charge on any atom is -0.260 e. The second kappa shape index (κ2) is 7.70. The molecular formula is C15H27NO3S2. The summed E-state index contributed by atoms with van der Waals surface area (Å²) in [6, 6.07) is 0. The second-order valence-corrected chi connectivity index (χ2v) is 9.87. The van der Waals surface area contributed by atoms with Crippen LogP contribution in [0.3, 0.4) is 0 Å². The Kier molecular flexibility index (Phi) is 6.81. The molecule has 0 aliphatic heterocycles. The van der Waals surface area contributed by atoms with Crippen molar-refractivity contribution < 1.29 is 12.6 Å². The first-order chi connectivity index (χ1) is 9.67. The Morgan fingerprint density at radius 2 is 1.95 bits per heavy atom. The summed E-state index contributed by atoms with van der Waals surface area (Å²) in [6.45, 7) is 5.80. The van der Waals surface area contributed by atoms with Crippen molar-refractivity contribution in [2.75, 3.05) is 11.5 Å². The van der Waals surface area contributed by atoms with Gasteiger partial charge in [0, 0.05) is 28.2 Å². The third kappa shape index (κ3) is 5.34. The van der Waals surface area contributed by atoms with Crippen LogP contribution in [0, 0.1) is 11.8 Å². The fourth-order valence-electron chi connectivity index (χ4n) is 2.53. The molecule has 1 aliphatic rings. The molecule has 6 heteroatoms. The zero-order valence-corrected chi connectivity index (χ0v) is 14.8. The second-order valence-electron chi connectivity index (χ2n) is 6.28. The van der Waals surface area contributed by atoms with E-state index in [4.69, 9.17) is 5.14 Å². The van der Waals surface area contributed by atoms with Gasteiger partial charge in [-0.2, -0.15) is 0 Å². The molecule has 0 saturated heterocycles. The standard InChI is InChI=1S/C15H27NO3S2/c1-13(2)12-20(17)11-7-5-9-14-8-4-6-10-15(14,3)21(16,18)19/h4,6,8,10,13-14H,5,7,9,11-12H2,1-3H3,(H2,16,18,19)/t14?,15-,20?/m1/s1. The van der Waals surface area contributed by atoms with E-state index in [-0.39, 0.29) is 5.92 Å². The molecule has 0 saturated carbocycles. The van der Waals surface area contributed by atoms with Crippen molar-refractivity contribution in [3.8, 4) is 0 Å². The SMILES string of the molecule is CC(C)CS(=O)CCCCC1C=CC=C[C@@]1(C)S(N)(=O)=O. The first kappa shape index (κ1) is 18.6. The molecule has 0 fully saturated rings. The maximum absolute atomic E-state index is 11.8. The first-order valence-electron chi connectivity index (χ1n) is 7.40. The lowest BCUT2D eigenvalue weighted by molar-refractivity contribution is 0.453.